The van der Waals surface area contributed by atoms with Crippen molar-refractivity contribution in [1.29, 1.82) is 0 Å². The van der Waals surface area contributed by atoms with Gasteiger partial charge in [-0.1, -0.05) is 37.3 Å². The molecule has 0 heterocycles. The molecule has 0 aliphatic rings. The minimum Gasteiger partial charge on any atom is -0.455 e. The maximum absolute atomic E-state index is 12.3. The Balaban J connectivity index is 2.12. The fourth-order valence-electron chi connectivity index (χ4n) is 2.17. The molecule has 0 aromatic heterocycles. The number of hydrogen-bond acceptors (Lipinski definition) is 3. The molecule has 5 nitrogen and oxygen atoms in total. The van der Waals surface area contributed by atoms with Crippen LogP contribution in [0, 0.1) is 0 Å². The summed E-state index contributed by atoms with van der Waals surface area (Å²) < 4.78 is 5.83. The third-order valence-corrected chi connectivity index (χ3v) is 3.25. The van der Waals surface area contributed by atoms with Crippen LogP contribution in [0.15, 0.2) is 54.6 Å². The molecule has 2 N–H and O–H groups in total. The molecule has 0 saturated heterocycles. The minimum absolute atomic E-state index is 0.0599. The van der Waals surface area contributed by atoms with E-state index in [0.29, 0.717) is 30.3 Å². The van der Waals surface area contributed by atoms with Gasteiger partial charge in [0.05, 0.1) is 12.3 Å². The van der Waals surface area contributed by atoms with Gasteiger partial charge >= 0.3 is 6.03 Å². The molecule has 122 valence electrons. The van der Waals surface area contributed by atoms with Crippen LogP contribution in [0.25, 0.3) is 0 Å². The molecule has 0 bridgehead atoms. The van der Waals surface area contributed by atoms with Gasteiger partial charge in [-0.25, -0.2) is 4.79 Å². The number of anilines is 1. The number of ether oxygens (including phenoxy) is 1. The summed E-state index contributed by atoms with van der Waals surface area (Å²) in [4.78, 5) is 13.9. The number of para-hydroxylation sites is 3. The molecule has 0 spiro atoms. The summed E-state index contributed by atoms with van der Waals surface area (Å²) >= 11 is 0. The van der Waals surface area contributed by atoms with E-state index in [-0.39, 0.29) is 12.6 Å². The third-order valence-electron chi connectivity index (χ3n) is 3.25. The maximum atomic E-state index is 12.3. The molecule has 23 heavy (non-hydrogen) atoms. The lowest BCUT2D eigenvalue weighted by molar-refractivity contribution is 0.188. The Morgan fingerprint density at radius 3 is 2.48 bits per heavy atom. The number of nitrogens with zero attached hydrogens (tertiary/aromatic N) is 1. The second-order valence-corrected chi connectivity index (χ2v) is 5.05. The average Bonchev–Trinajstić information content (AvgIpc) is 2.57. The first-order chi connectivity index (χ1) is 11.2. The topological polar surface area (TPSA) is 61.8 Å². The molecule has 2 aromatic carbocycles. The van der Waals surface area contributed by atoms with E-state index in [2.05, 4.69) is 5.32 Å². The van der Waals surface area contributed by atoms with Crippen molar-refractivity contribution in [2.24, 2.45) is 0 Å². The SMILES string of the molecule is CCCN(CCO)C(=O)Nc1ccccc1Oc1ccccc1. The predicted octanol–water partition coefficient (Wildman–Crippen LogP) is 3.72. The molecule has 0 atom stereocenters. The first kappa shape index (κ1) is 16.8. The normalized spacial score (nSPS) is 10.2. The zero-order chi connectivity index (χ0) is 16.5. The van der Waals surface area contributed by atoms with E-state index in [9.17, 15) is 4.79 Å². The fraction of sp³-hybridized carbons (Fsp3) is 0.278. The van der Waals surface area contributed by atoms with Crippen molar-refractivity contribution < 1.29 is 14.6 Å². The highest BCUT2D eigenvalue weighted by atomic mass is 16.5. The lowest BCUT2D eigenvalue weighted by Gasteiger charge is -2.22. The van der Waals surface area contributed by atoms with Gasteiger partial charge in [0.2, 0.25) is 0 Å². The number of nitrogens with one attached hydrogen (secondary N) is 1. The van der Waals surface area contributed by atoms with Gasteiger partial charge in [0.1, 0.15) is 5.75 Å². The van der Waals surface area contributed by atoms with Crippen LogP contribution in [0.2, 0.25) is 0 Å². The average molecular weight is 314 g/mol. The Kier molecular flexibility index (Phi) is 6.44. The highest BCUT2D eigenvalue weighted by Crippen LogP contribution is 2.29. The Bertz CT molecular complexity index is 611. The van der Waals surface area contributed by atoms with Crippen LogP contribution in [-0.4, -0.2) is 35.7 Å². The first-order valence-corrected chi connectivity index (χ1v) is 7.73. The number of carbonyl (C=O) groups is 1. The summed E-state index contributed by atoms with van der Waals surface area (Å²) in [5.41, 5.74) is 0.598. The van der Waals surface area contributed by atoms with E-state index in [1.165, 1.54) is 0 Å². The van der Waals surface area contributed by atoms with Crippen LogP contribution in [0.4, 0.5) is 10.5 Å². The van der Waals surface area contributed by atoms with E-state index in [1.807, 2.05) is 49.4 Å². The van der Waals surface area contributed by atoms with E-state index in [4.69, 9.17) is 9.84 Å². The number of carbonyl (C=O) groups excluding carboxylic acids is 1. The summed E-state index contributed by atoms with van der Waals surface area (Å²) in [5, 5.41) is 11.9. The Morgan fingerprint density at radius 2 is 1.78 bits per heavy atom. The number of aliphatic hydroxyl groups excluding tert-OH is 1. The number of aliphatic hydroxyl groups is 1. The first-order valence-electron chi connectivity index (χ1n) is 7.73. The van der Waals surface area contributed by atoms with Gasteiger partial charge in [0.25, 0.3) is 0 Å². The van der Waals surface area contributed by atoms with E-state index < -0.39 is 0 Å². The molecule has 0 unspecified atom stereocenters. The van der Waals surface area contributed by atoms with Gasteiger partial charge < -0.3 is 20.1 Å². The molecule has 0 radical (unpaired) electrons. The molecular weight excluding hydrogens is 292 g/mol. The second kappa shape index (κ2) is 8.80. The molecule has 0 aliphatic heterocycles. The number of rotatable bonds is 7. The van der Waals surface area contributed by atoms with Crippen molar-refractivity contribution in [2.75, 3.05) is 25.0 Å². The molecule has 0 aliphatic carbocycles. The standard InChI is InChI=1S/C18H22N2O3/c1-2-12-20(13-14-21)18(22)19-16-10-6-7-11-17(16)23-15-8-4-3-5-9-15/h3-11,21H,2,12-14H2,1H3,(H,19,22). The van der Waals surface area contributed by atoms with Crippen LogP contribution in [-0.2, 0) is 0 Å². The van der Waals surface area contributed by atoms with E-state index >= 15 is 0 Å². The van der Waals surface area contributed by atoms with Crippen LogP contribution < -0.4 is 10.1 Å². The predicted molar refractivity (Wildman–Crippen MR) is 90.9 cm³/mol. The number of amides is 2. The van der Waals surface area contributed by atoms with Crippen molar-refractivity contribution >= 4 is 11.7 Å². The second-order valence-electron chi connectivity index (χ2n) is 5.05. The van der Waals surface area contributed by atoms with Gasteiger partial charge in [-0.05, 0) is 30.7 Å². The van der Waals surface area contributed by atoms with Crippen LogP contribution in [0.5, 0.6) is 11.5 Å². The van der Waals surface area contributed by atoms with Crippen molar-refractivity contribution in [1.82, 2.24) is 4.90 Å². The van der Waals surface area contributed by atoms with Crippen molar-refractivity contribution in [2.45, 2.75) is 13.3 Å². The van der Waals surface area contributed by atoms with E-state index in [1.54, 1.807) is 17.0 Å². The Hall–Kier alpha value is -2.53. The van der Waals surface area contributed by atoms with Crippen LogP contribution in [0.3, 0.4) is 0 Å². The lowest BCUT2D eigenvalue weighted by Crippen LogP contribution is -2.37. The zero-order valence-corrected chi connectivity index (χ0v) is 13.2. The third kappa shape index (κ3) is 5.00. The number of urea groups is 1. The zero-order valence-electron chi connectivity index (χ0n) is 13.2. The van der Waals surface area contributed by atoms with Crippen molar-refractivity contribution in [3.8, 4) is 11.5 Å². The van der Waals surface area contributed by atoms with Crippen molar-refractivity contribution in [3.63, 3.8) is 0 Å². The minimum atomic E-state index is -0.245. The number of hydrogen-bond donors (Lipinski definition) is 2. The van der Waals surface area contributed by atoms with Gasteiger partial charge in [-0.15, -0.1) is 0 Å². The monoisotopic (exact) mass is 314 g/mol. The Morgan fingerprint density at radius 1 is 1.09 bits per heavy atom. The van der Waals surface area contributed by atoms with Gasteiger partial charge in [0.15, 0.2) is 5.75 Å². The van der Waals surface area contributed by atoms with Gasteiger partial charge in [-0.3, -0.25) is 0 Å². The van der Waals surface area contributed by atoms with Crippen LogP contribution in [0.1, 0.15) is 13.3 Å². The molecule has 2 rings (SSSR count). The summed E-state index contributed by atoms with van der Waals surface area (Å²) in [6.45, 7) is 2.83. The Labute approximate surface area is 136 Å². The molecule has 5 heteroatoms. The summed E-state index contributed by atoms with van der Waals surface area (Å²) in [5.74, 6) is 1.28. The van der Waals surface area contributed by atoms with E-state index in [0.717, 1.165) is 6.42 Å². The molecule has 0 fully saturated rings. The molecule has 2 amide bonds. The van der Waals surface area contributed by atoms with Crippen LogP contribution >= 0.6 is 0 Å². The summed E-state index contributed by atoms with van der Waals surface area (Å²) in [6, 6.07) is 16.4. The fourth-order valence-corrected chi connectivity index (χ4v) is 2.17. The highest BCUT2D eigenvalue weighted by Gasteiger charge is 2.14. The summed E-state index contributed by atoms with van der Waals surface area (Å²) in [6.07, 6.45) is 0.829. The van der Waals surface area contributed by atoms with Crippen molar-refractivity contribution in [3.05, 3.63) is 54.6 Å². The smallest absolute Gasteiger partial charge is 0.322 e. The largest absolute Gasteiger partial charge is 0.455 e. The molecule has 2 aromatic rings. The van der Waals surface area contributed by atoms with Gasteiger partial charge in [-0.2, -0.15) is 0 Å². The molecule has 0 saturated carbocycles. The number of benzene rings is 2. The summed E-state index contributed by atoms with van der Waals surface area (Å²) in [7, 11) is 0. The van der Waals surface area contributed by atoms with Gasteiger partial charge in [0, 0.05) is 13.1 Å². The maximum Gasteiger partial charge on any atom is 0.322 e. The quantitative estimate of drug-likeness (QED) is 0.819. The highest BCUT2D eigenvalue weighted by molar-refractivity contribution is 5.91. The lowest BCUT2D eigenvalue weighted by atomic mass is 10.3. The molecular formula is C18H22N2O3.